The minimum Gasteiger partial charge on any atom is -0.369 e. The Labute approximate surface area is 231 Å². The number of hydrogen-bond acceptors (Lipinski definition) is 8. The smallest absolute Gasteiger partial charge is 0.257 e. The van der Waals surface area contributed by atoms with Crippen LogP contribution in [0.25, 0.3) is 22.0 Å². The van der Waals surface area contributed by atoms with Gasteiger partial charge in [-0.2, -0.15) is 0 Å². The summed E-state index contributed by atoms with van der Waals surface area (Å²) in [4.78, 5) is 30.9. The standard InChI is InChI=1S/C30H29N7OS/c1-20-18-24(10-11-26(20)37-15-13-36(2)14-16-37)33-29-32-19-23-4-3-5-25(27(23)34-29)21-6-8-22(9-7-21)28(38)35-30-31-12-17-39-30/h3-12,17-19H,13-16H2,1-2H3,(H,31,35,38)(H,32,33,34). The molecule has 1 saturated heterocycles. The number of hydrogen-bond donors (Lipinski definition) is 2. The van der Waals surface area contributed by atoms with Crippen molar-refractivity contribution < 1.29 is 4.79 Å². The first-order valence-electron chi connectivity index (χ1n) is 12.9. The number of amides is 1. The van der Waals surface area contributed by atoms with Crippen LogP contribution in [-0.2, 0) is 0 Å². The van der Waals surface area contributed by atoms with Crippen molar-refractivity contribution in [3.05, 3.63) is 89.6 Å². The van der Waals surface area contributed by atoms with E-state index in [-0.39, 0.29) is 5.91 Å². The molecule has 8 nitrogen and oxygen atoms in total. The van der Waals surface area contributed by atoms with Gasteiger partial charge in [0.2, 0.25) is 5.95 Å². The van der Waals surface area contributed by atoms with E-state index in [4.69, 9.17) is 4.98 Å². The molecule has 0 spiro atoms. The maximum Gasteiger partial charge on any atom is 0.257 e. The number of rotatable bonds is 6. The zero-order chi connectivity index (χ0) is 26.8. The van der Waals surface area contributed by atoms with Crippen LogP contribution >= 0.6 is 11.3 Å². The first-order valence-corrected chi connectivity index (χ1v) is 13.8. The fourth-order valence-corrected chi connectivity index (χ4v) is 5.39. The van der Waals surface area contributed by atoms with Gasteiger partial charge in [-0.25, -0.2) is 15.0 Å². The molecule has 0 bridgehead atoms. The zero-order valence-corrected chi connectivity index (χ0v) is 22.7. The molecule has 1 fully saturated rings. The highest BCUT2D eigenvalue weighted by Gasteiger charge is 2.16. The van der Waals surface area contributed by atoms with Gasteiger partial charge in [0.25, 0.3) is 5.91 Å². The maximum absolute atomic E-state index is 12.6. The molecular formula is C30H29N7OS. The third kappa shape index (κ3) is 5.45. The van der Waals surface area contributed by atoms with E-state index in [1.165, 1.54) is 22.6 Å². The van der Waals surface area contributed by atoms with Crippen LogP contribution in [0.5, 0.6) is 0 Å². The number of piperazine rings is 1. The van der Waals surface area contributed by atoms with Crippen LogP contribution in [0, 0.1) is 6.92 Å². The van der Waals surface area contributed by atoms with Gasteiger partial charge in [-0.05, 0) is 55.4 Å². The van der Waals surface area contributed by atoms with Crippen LogP contribution in [-0.4, -0.2) is 59.0 Å². The number of thiazole rings is 1. The molecule has 3 heterocycles. The number of para-hydroxylation sites is 1. The SMILES string of the molecule is Cc1cc(Nc2ncc3cccc(-c4ccc(C(=O)Nc5nccs5)cc4)c3n2)ccc1N1CCN(C)CC1. The Bertz CT molecular complexity index is 1610. The van der Waals surface area contributed by atoms with Crippen LogP contribution in [0.4, 0.5) is 22.5 Å². The Kier molecular flexibility index (Phi) is 6.91. The highest BCUT2D eigenvalue weighted by Crippen LogP contribution is 2.30. The second-order valence-corrected chi connectivity index (χ2v) is 10.6. The van der Waals surface area contributed by atoms with Crippen molar-refractivity contribution in [2.75, 3.05) is 48.8 Å². The topological polar surface area (TPSA) is 86.3 Å². The molecule has 0 saturated carbocycles. The Balaban J connectivity index is 1.23. The summed E-state index contributed by atoms with van der Waals surface area (Å²) in [6.45, 7) is 6.39. The van der Waals surface area contributed by atoms with Gasteiger partial charge in [-0.3, -0.25) is 10.1 Å². The summed E-state index contributed by atoms with van der Waals surface area (Å²) < 4.78 is 0. The minimum atomic E-state index is -0.183. The lowest BCUT2D eigenvalue weighted by atomic mass is 10.0. The molecule has 3 aromatic carbocycles. The van der Waals surface area contributed by atoms with Gasteiger partial charge in [-0.15, -0.1) is 11.3 Å². The quantitative estimate of drug-likeness (QED) is 0.284. The molecule has 2 N–H and O–H groups in total. The third-order valence-corrected chi connectivity index (χ3v) is 7.71. The van der Waals surface area contributed by atoms with Crippen molar-refractivity contribution >= 4 is 50.6 Å². The Morgan fingerprint density at radius 1 is 0.974 bits per heavy atom. The average Bonchev–Trinajstić information content (AvgIpc) is 3.47. The van der Waals surface area contributed by atoms with Gasteiger partial charge < -0.3 is 15.1 Å². The number of nitrogens with zero attached hydrogens (tertiary/aromatic N) is 5. The number of carbonyl (C=O) groups excluding carboxylic acids is 1. The fraction of sp³-hybridized carbons (Fsp3) is 0.200. The summed E-state index contributed by atoms with van der Waals surface area (Å²) in [6.07, 6.45) is 3.51. The normalized spacial score (nSPS) is 13.9. The van der Waals surface area contributed by atoms with Crippen molar-refractivity contribution in [3.8, 4) is 11.1 Å². The minimum absolute atomic E-state index is 0.183. The van der Waals surface area contributed by atoms with Crippen LogP contribution in [0.3, 0.4) is 0 Å². The molecule has 9 heteroatoms. The molecule has 2 aromatic heterocycles. The number of fused-ring (bicyclic) bond motifs is 1. The predicted octanol–water partition coefficient (Wildman–Crippen LogP) is 5.81. The van der Waals surface area contributed by atoms with E-state index < -0.39 is 0 Å². The van der Waals surface area contributed by atoms with Crippen molar-refractivity contribution in [3.63, 3.8) is 0 Å². The lowest BCUT2D eigenvalue weighted by Crippen LogP contribution is -2.44. The Morgan fingerprint density at radius 2 is 1.79 bits per heavy atom. The van der Waals surface area contributed by atoms with E-state index in [1.807, 2.05) is 54.0 Å². The fourth-order valence-electron chi connectivity index (χ4n) is 4.87. The van der Waals surface area contributed by atoms with Gasteiger partial charge in [0.05, 0.1) is 5.52 Å². The highest BCUT2D eigenvalue weighted by atomic mass is 32.1. The van der Waals surface area contributed by atoms with Crippen molar-refractivity contribution in [2.45, 2.75) is 6.92 Å². The molecule has 39 heavy (non-hydrogen) atoms. The largest absolute Gasteiger partial charge is 0.369 e. The molecule has 0 aliphatic carbocycles. The number of aryl methyl sites for hydroxylation is 1. The molecule has 6 rings (SSSR count). The molecule has 0 radical (unpaired) electrons. The Morgan fingerprint density at radius 3 is 2.54 bits per heavy atom. The number of aromatic nitrogens is 3. The summed E-state index contributed by atoms with van der Waals surface area (Å²) in [5.74, 6) is 0.360. The predicted molar refractivity (Wildman–Crippen MR) is 159 cm³/mol. The van der Waals surface area contributed by atoms with Crippen molar-refractivity contribution in [2.24, 2.45) is 0 Å². The second-order valence-electron chi connectivity index (χ2n) is 9.72. The Hall–Kier alpha value is -4.34. The third-order valence-electron chi connectivity index (χ3n) is 7.02. The number of nitrogens with one attached hydrogen (secondary N) is 2. The second kappa shape index (κ2) is 10.8. The monoisotopic (exact) mass is 535 g/mol. The van der Waals surface area contributed by atoms with Gasteiger partial charge in [0.15, 0.2) is 5.13 Å². The molecule has 196 valence electrons. The molecule has 1 aliphatic rings. The number of benzene rings is 3. The molecule has 1 aliphatic heterocycles. The van der Waals surface area contributed by atoms with Crippen molar-refractivity contribution in [1.82, 2.24) is 19.9 Å². The van der Waals surface area contributed by atoms with Crippen LogP contribution < -0.4 is 15.5 Å². The zero-order valence-electron chi connectivity index (χ0n) is 21.9. The number of carbonyl (C=O) groups is 1. The lowest BCUT2D eigenvalue weighted by Gasteiger charge is -2.35. The molecule has 0 atom stereocenters. The van der Waals surface area contributed by atoms with Gasteiger partial charge in [0, 0.05) is 71.8 Å². The van der Waals surface area contributed by atoms with E-state index >= 15 is 0 Å². The first-order chi connectivity index (χ1) is 19.0. The van der Waals surface area contributed by atoms with Crippen LogP contribution in [0.1, 0.15) is 15.9 Å². The van der Waals surface area contributed by atoms with E-state index in [1.54, 1.807) is 6.20 Å². The summed E-state index contributed by atoms with van der Waals surface area (Å²) in [7, 11) is 2.17. The van der Waals surface area contributed by atoms with Crippen LogP contribution in [0.15, 0.2) is 78.4 Å². The molecular weight excluding hydrogens is 506 g/mol. The summed E-state index contributed by atoms with van der Waals surface area (Å²) in [5.41, 5.74) is 6.83. The lowest BCUT2D eigenvalue weighted by molar-refractivity contribution is 0.102. The summed E-state index contributed by atoms with van der Waals surface area (Å²) >= 11 is 1.39. The van der Waals surface area contributed by atoms with Crippen molar-refractivity contribution in [1.29, 1.82) is 0 Å². The van der Waals surface area contributed by atoms with E-state index in [0.717, 1.165) is 53.9 Å². The summed E-state index contributed by atoms with van der Waals surface area (Å²) in [5, 5.41) is 9.57. The van der Waals surface area contributed by atoms with Crippen LogP contribution in [0.2, 0.25) is 0 Å². The van der Waals surface area contributed by atoms with E-state index in [0.29, 0.717) is 16.6 Å². The number of anilines is 4. The first kappa shape index (κ1) is 25.0. The average molecular weight is 536 g/mol. The maximum atomic E-state index is 12.6. The van der Waals surface area contributed by atoms with Gasteiger partial charge in [-0.1, -0.05) is 30.3 Å². The number of likely N-dealkylation sites (N-methyl/N-ethyl adjacent to an activating group) is 1. The van der Waals surface area contributed by atoms with E-state index in [9.17, 15) is 4.79 Å². The van der Waals surface area contributed by atoms with Gasteiger partial charge >= 0.3 is 0 Å². The molecule has 5 aromatic rings. The molecule has 0 unspecified atom stereocenters. The highest BCUT2D eigenvalue weighted by molar-refractivity contribution is 7.13. The van der Waals surface area contributed by atoms with Gasteiger partial charge in [0.1, 0.15) is 0 Å². The van der Waals surface area contributed by atoms with E-state index in [2.05, 4.69) is 62.6 Å². The molecule has 1 amide bonds. The summed E-state index contributed by atoms with van der Waals surface area (Å²) in [6, 6.07) is 20.0.